The molecule has 1 heterocycles. The van der Waals surface area contributed by atoms with Gasteiger partial charge in [-0.1, -0.05) is 12.1 Å². The van der Waals surface area contributed by atoms with Crippen molar-refractivity contribution in [1.29, 1.82) is 0 Å². The van der Waals surface area contributed by atoms with Gasteiger partial charge in [-0.3, -0.25) is 14.4 Å². The first-order valence-electron chi connectivity index (χ1n) is 11.3. The number of carbonyl (C=O) groups is 3. The predicted octanol–water partition coefficient (Wildman–Crippen LogP) is 1.71. The van der Waals surface area contributed by atoms with Gasteiger partial charge in [0.2, 0.25) is 11.7 Å². The van der Waals surface area contributed by atoms with Crippen LogP contribution in [0.4, 0.5) is 0 Å². The molecule has 0 saturated carbocycles. The van der Waals surface area contributed by atoms with Crippen LogP contribution in [0.2, 0.25) is 0 Å². The first kappa shape index (κ1) is 21.5. The maximum atomic E-state index is 13.3. The van der Waals surface area contributed by atoms with Crippen molar-refractivity contribution in [3.8, 4) is 17.2 Å². The summed E-state index contributed by atoms with van der Waals surface area (Å²) in [5.41, 5.74) is 0.612. The maximum Gasteiger partial charge on any atom is 0.223 e. The second kappa shape index (κ2) is 8.19. The van der Waals surface area contributed by atoms with E-state index in [9.17, 15) is 24.6 Å². The Morgan fingerprint density at radius 3 is 2.58 bits per heavy atom. The van der Waals surface area contributed by atoms with Crippen LogP contribution in [0.5, 0.6) is 17.2 Å². The van der Waals surface area contributed by atoms with Gasteiger partial charge in [-0.25, -0.2) is 0 Å². The minimum Gasteiger partial charge on any atom is -0.507 e. The van der Waals surface area contributed by atoms with Gasteiger partial charge in [0.25, 0.3) is 0 Å². The van der Waals surface area contributed by atoms with E-state index in [1.165, 1.54) is 13.2 Å². The minimum atomic E-state index is -0.558. The van der Waals surface area contributed by atoms with E-state index >= 15 is 0 Å². The molecule has 3 aliphatic rings. The Balaban J connectivity index is 1.49. The van der Waals surface area contributed by atoms with Gasteiger partial charge in [0.1, 0.15) is 17.2 Å². The number of carbonyl (C=O) groups excluding carboxylic acids is 3. The van der Waals surface area contributed by atoms with Crippen LogP contribution in [0, 0.1) is 11.8 Å². The predicted molar refractivity (Wildman–Crippen MR) is 119 cm³/mol. The number of phenols is 2. The van der Waals surface area contributed by atoms with Crippen molar-refractivity contribution in [2.24, 2.45) is 11.8 Å². The molecule has 0 bridgehead atoms. The van der Waals surface area contributed by atoms with Gasteiger partial charge in [0, 0.05) is 29.2 Å². The average molecular weight is 450 g/mol. The molecule has 1 aliphatic heterocycles. The third-order valence-corrected chi connectivity index (χ3v) is 7.12. The third kappa shape index (κ3) is 3.36. The molecule has 1 amide bonds. The van der Waals surface area contributed by atoms with Crippen LogP contribution >= 0.6 is 0 Å². The summed E-state index contributed by atoms with van der Waals surface area (Å²) in [7, 11) is 1.40. The molecule has 0 radical (unpaired) electrons. The zero-order valence-corrected chi connectivity index (χ0v) is 18.4. The van der Waals surface area contributed by atoms with Gasteiger partial charge in [0.15, 0.2) is 5.78 Å². The number of fused-ring (bicyclic) bond motifs is 3. The van der Waals surface area contributed by atoms with Gasteiger partial charge >= 0.3 is 0 Å². The van der Waals surface area contributed by atoms with Gasteiger partial charge in [-0.2, -0.15) is 0 Å². The lowest BCUT2D eigenvalue weighted by molar-refractivity contribution is -0.125. The second-order valence-electron chi connectivity index (χ2n) is 8.99. The van der Waals surface area contributed by atoms with Crippen LogP contribution in [-0.4, -0.2) is 54.4 Å². The van der Waals surface area contributed by atoms with Crippen molar-refractivity contribution in [2.75, 3.05) is 26.7 Å². The molecule has 2 unspecified atom stereocenters. The number of phenolic OH excluding ortho intramolecular Hbond substituents is 2. The summed E-state index contributed by atoms with van der Waals surface area (Å²) < 4.78 is 5.26. The van der Waals surface area contributed by atoms with E-state index in [2.05, 4.69) is 10.6 Å². The lowest BCUT2D eigenvalue weighted by Gasteiger charge is -2.29. The number of methoxy groups -OCH3 is 1. The standard InChI is InChI=1S/C25H26N2O6/c1-33-17-4-2-3-15-18(17)24(31)20-19(22(15)29)23(30)16-9-13(5-6-14(16)21(20)28)25(32)27-11-12-7-8-26-10-12/h2-4,12-13,26,28,30H,5-11H2,1H3,(H,27,32). The molecule has 0 aromatic heterocycles. The monoisotopic (exact) mass is 450 g/mol. The van der Waals surface area contributed by atoms with Crippen molar-refractivity contribution in [3.63, 3.8) is 0 Å². The summed E-state index contributed by atoms with van der Waals surface area (Å²) in [5, 5.41) is 28.4. The van der Waals surface area contributed by atoms with Gasteiger partial charge in [0.05, 0.1) is 23.8 Å². The van der Waals surface area contributed by atoms with Crippen molar-refractivity contribution >= 4 is 17.5 Å². The molecule has 4 N–H and O–H groups in total. The number of hydrogen-bond donors (Lipinski definition) is 4. The van der Waals surface area contributed by atoms with Gasteiger partial charge in [-0.15, -0.1) is 0 Å². The van der Waals surface area contributed by atoms with Crippen LogP contribution in [0.1, 0.15) is 55.8 Å². The second-order valence-corrected chi connectivity index (χ2v) is 8.99. The highest BCUT2D eigenvalue weighted by atomic mass is 16.5. The normalized spacial score (nSPS) is 21.2. The molecule has 8 nitrogen and oxygen atoms in total. The fraction of sp³-hybridized carbons (Fsp3) is 0.400. The molecule has 1 saturated heterocycles. The summed E-state index contributed by atoms with van der Waals surface area (Å²) in [6, 6.07) is 4.68. The summed E-state index contributed by atoms with van der Waals surface area (Å²) in [6.07, 6.45) is 2.03. The third-order valence-electron chi connectivity index (χ3n) is 7.12. The van der Waals surface area contributed by atoms with E-state index in [4.69, 9.17) is 4.74 Å². The molecule has 5 rings (SSSR count). The molecule has 1 fully saturated rings. The average Bonchev–Trinajstić information content (AvgIpc) is 3.36. The lowest BCUT2D eigenvalue weighted by Crippen LogP contribution is -2.37. The number of rotatable bonds is 4. The van der Waals surface area contributed by atoms with Crippen LogP contribution in [-0.2, 0) is 17.6 Å². The maximum absolute atomic E-state index is 13.3. The lowest BCUT2D eigenvalue weighted by atomic mass is 9.75. The van der Waals surface area contributed by atoms with E-state index < -0.39 is 11.6 Å². The van der Waals surface area contributed by atoms with Gasteiger partial charge < -0.3 is 25.6 Å². The fourth-order valence-corrected chi connectivity index (χ4v) is 5.31. The highest BCUT2D eigenvalue weighted by Crippen LogP contribution is 2.47. The van der Waals surface area contributed by atoms with Crippen LogP contribution < -0.4 is 15.4 Å². The Bertz CT molecular complexity index is 1180. The van der Waals surface area contributed by atoms with Crippen molar-refractivity contribution in [3.05, 3.63) is 51.6 Å². The van der Waals surface area contributed by atoms with Crippen LogP contribution in [0.3, 0.4) is 0 Å². The number of nitrogens with one attached hydrogen (secondary N) is 2. The van der Waals surface area contributed by atoms with Crippen LogP contribution in [0.25, 0.3) is 0 Å². The Hall–Kier alpha value is -3.39. The van der Waals surface area contributed by atoms with E-state index in [-0.39, 0.29) is 57.7 Å². The molecule has 33 heavy (non-hydrogen) atoms. The molecule has 8 heteroatoms. The number of aromatic hydroxyl groups is 2. The van der Waals surface area contributed by atoms with Crippen molar-refractivity contribution in [2.45, 2.75) is 25.7 Å². The van der Waals surface area contributed by atoms with Crippen molar-refractivity contribution in [1.82, 2.24) is 10.6 Å². The molecule has 0 spiro atoms. The molecular formula is C25H26N2O6. The highest BCUT2D eigenvalue weighted by molar-refractivity contribution is 6.31. The zero-order chi connectivity index (χ0) is 23.3. The van der Waals surface area contributed by atoms with E-state index in [0.717, 1.165) is 19.5 Å². The molecular weight excluding hydrogens is 424 g/mol. The Morgan fingerprint density at radius 2 is 1.85 bits per heavy atom. The smallest absolute Gasteiger partial charge is 0.223 e. The van der Waals surface area contributed by atoms with Crippen molar-refractivity contribution < 1.29 is 29.3 Å². The Labute approximate surface area is 191 Å². The number of hydrogen-bond acceptors (Lipinski definition) is 7. The number of amides is 1. The molecule has 172 valence electrons. The fourth-order valence-electron chi connectivity index (χ4n) is 5.31. The van der Waals surface area contributed by atoms with Gasteiger partial charge in [-0.05, 0) is 50.8 Å². The zero-order valence-electron chi connectivity index (χ0n) is 18.4. The first-order valence-corrected chi connectivity index (χ1v) is 11.3. The molecule has 2 aliphatic carbocycles. The minimum absolute atomic E-state index is 0.0848. The van der Waals surface area contributed by atoms with Crippen LogP contribution in [0.15, 0.2) is 18.2 Å². The summed E-state index contributed by atoms with van der Waals surface area (Å²) in [4.78, 5) is 39.4. The largest absolute Gasteiger partial charge is 0.507 e. The topological polar surface area (TPSA) is 125 Å². The number of benzene rings is 2. The quantitative estimate of drug-likeness (QED) is 0.446. The summed E-state index contributed by atoms with van der Waals surface area (Å²) in [5.74, 6) is -1.53. The molecule has 2 atom stereocenters. The summed E-state index contributed by atoms with van der Waals surface area (Å²) >= 11 is 0. The summed E-state index contributed by atoms with van der Waals surface area (Å²) in [6.45, 7) is 2.44. The first-order chi connectivity index (χ1) is 15.9. The van der Waals surface area contributed by atoms with E-state index in [1.54, 1.807) is 12.1 Å². The van der Waals surface area contributed by atoms with E-state index in [0.29, 0.717) is 36.4 Å². The molecule has 2 aromatic carbocycles. The SMILES string of the molecule is COc1cccc2c1C(=O)c1c(O)c3c(c(O)c1C2=O)CC(C(=O)NCC1CCNC1)CC3. The Kier molecular flexibility index (Phi) is 5.32. The Morgan fingerprint density at radius 1 is 1.09 bits per heavy atom. The highest BCUT2D eigenvalue weighted by Gasteiger charge is 2.41. The van der Waals surface area contributed by atoms with E-state index in [1.807, 2.05) is 0 Å². The molecule has 2 aromatic rings. The number of ketones is 2. The number of ether oxygens (including phenoxy) is 1.